The maximum absolute atomic E-state index is 12.4. The van der Waals surface area contributed by atoms with Crippen LogP contribution in [0.15, 0.2) is 29.3 Å². The molecule has 1 unspecified atom stereocenters. The highest BCUT2D eigenvalue weighted by Gasteiger charge is 2.45. The minimum atomic E-state index is -0.762. The van der Waals surface area contributed by atoms with Gasteiger partial charge in [-0.25, -0.2) is 4.79 Å². The number of nitrogens with zero attached hydrogens (tertiary/aromatic N) is 3. The molecule has 7 heteroatoms. The largest absolute Gasteiger partial charge is 0.356 e. The number of benzene rings is 1. The summed E-state index contributed by atoms with van der Waals surface area (Å²) in [5, 5.41) is 6.15. The Bertz CT molecular complexity index is 748. The first-order valence-electron chi connectivity index (χ1n) is 9.65. The fourth-order valence-corrected chi connectivity index (χ4v) is 3.64. The van der Waals surface area contributed by atoms with Gasteiger partial charge < -0.3 is 15.5 Å². The van der Waals surface area contributed by atoms with Gasteiger partial charge >= 0.3 is 6.03 Å². The highest BCUT2D eigenvalue weighted by atomic mass is 16.2. The van der Waals surface area contributed by atoms with E-state index in [0.717, 1.165) is 25.5 Å². The van der Waals surface area contributed by atoms with E-state index in [1.165, 1.54) is 16.0 Å². The quantitative estimate of drug-likeness (QED) is 0.358. The number of amides is 3. The van der Waals surface area contributed by atoms with Crippen molar-refractivity contribution in [2.75, 3.05) is 26.7 Å². The zero-order valence-electron chi connectivity index (χ0n) is 16.4. The van der Waals surface area contributed by atoms with Crippen molar-refractivity contribution in [2.24, 2.45) is 4.99 Å². The molecule has 2 N–H and O–H groups in total. The van der Waals surface area contributed by atoms with Crippen LogP contribution in [0.2, 0.25) is 0 Å². The van der Waals surface area contributed by atoms with Crippen LogP contribution in [0.4, 0.5) is 4.79 Å². The fraction of sp³-hybridized carbons (Fsp3) is 0.550. The molecule has 1 aromatic rings. The van der Waals surface area contributed by atoms with Crippen molar-refractivity contribution in [1.82, 2.24) is 20.4 Å². The summed E-state index contributed by atoms with van der Waals surface area (Å²) in [5.74, 6) is 0.729. The Morgan fingerprint density at radius 3 is 2.70 bits per heavy atom. The lowest BCUT2D eigenvalue weighted by molar-refractivity contribution is -0.130. The molecular weight excluding hydrogens is 342 g/mol. The average Bonchev–Trinajstić information content (AvgIpc) is 2.91. The summed E-state index contributed by atoms with van der Waals surface area (Å²) in [7, 11) is 1.78. The summed E-state index contributed by atoms with van der Waals surface area (Å²) in [6.45, 7) is 6.53. The van der Waals surface area contributed by atoms with Gasteiger partial charge in [0.1, 0.15) is 5.54 Å². The molecule has 0 radical (unpaired) electrons. The molecule has 2 heterocycles. The van der Waals surface area contributed by atoms with Crippen LogP contribution in [0, 0.1) is 0 Å². The molecule has 0 bridgehead atoms. The molecule has 1 saturated heterocycles. The molecule has 7 nitrogen and oxygen atoms in total. The Kier molecular flexibility index (Phi) is 5.68. The van der Waals surface area contributed by atoms with Crippen molar-refractivity contribution in [3.63, 3.8) is 0 Å². The fourth-order valence-electron chi connectivity index (χ4n) is 3.64. The van der Waals surface area contributed by atoms with Crippen molar-refractivity contribution >= 4 is 17.9 Å². The van der Waals surface area contributed by atoms with Crippen LogP contribution < -0.4 is 10.6 Å². The number of carbonyl (C=O) groups is 2. The minimum Gasteiger partial charge on any atom is -0.356 e. The lowest BCUT2D eigenvalue weighted by atomic mass is 9.99. The lowest BCUT2D eigenvalue weighted by Gasteiger charge is -2.31. The van der Waals surface area contributed by atoms with Crippen LogP contribution >= 0.6 is 0 Å². The predicted molar refractivity (Wildman–Crippen MR) is 105 cm³/mol. The maximum Gasteiger partial charge on any atom is 0.325 e. The second kappa shape index (κ2) is 7.98. The lowest BCUT2D eigenvalue weighted by Crippen LogP contribution is -2.45. The third-order valence-electron chi connectivity index (χ3n) is 5.54. The van der Waals surface area contributed by atoms with Gasteiger partial charge in [0.2, 0.25) is 0 Å². The summed E-state index contributed by atoms with van der Waals surface area (Å²) in [4.78, 5) is 32.4. The van der Waals surface area contributed by atoms with E-state index in [0.29, 0.717) is 25.9 Å². The summed E-state index contributed by atoms with van der Waals surface area (Å²) in [6, 6.07) is 8.21. The summed E-state index contributed by atoms with van der Waals surface area (Å²) >= 11 is 0. The Labute approximate surface area is 160 Å². The topological polar surface area (TPSA) is 77.0 Å². The predicted octanol–water partition coefficient (Wildman–Crippen LogP) is 1.73. The molecule has 0 saturated carbocycles. The monoisotopic (exact) mass is 371 g/mol. The molecule has 146 valence electrons. The summed E-state index contributed by atoms with van der Waals surface area (Å²) < 4.78 is 0. The van der Waals surface area contributed by atoms with Crippen LogP contribution in [0.5, 0.6) is 0 Å². The van der Waals surface area contributed by atoms with Crippen LogP contribution in [0.1, 0.15) is 37.8 Å². The molecular formula is C20H29N5O2. The molecule has 1 aromatic carbocycles. The van der Waals surface area contributed by atoms with E-state index in [1.54, 1.807) is 14.0 Å². The van der Waals surface area contributed by atoms with E-state index in [-0.39, 0.29) is 11.9 Å². The van der Waals surface area contributed by atoms with Crippen molar-refractivity contribution in [3.8, 4) is 0 Å². The van der Waals surface area contributed by atoms with Gasteiger partial charge in [-0.05, 0) is 37.3 Å². The molecule has 27 heavy (non-hydrogen) atoms. The van der Waals surface area contributed by atoms with Crippen LogP contribution in [-0.2, 0) is 17.8 Å². The van der Waals surface area contributed by atoms with Crippen LogP contribution in [-0.4, -0.2) is 59.9 Å². The zero-order valence-corrected chi connectivity index (χ0v) is 16.4. The molecule has 3 rings (SSSR count). The number of carbonyl (C=O) groups excluding carboxylic acids is 2. The zero-order chi connectivity index (χ0) is 19.4. The molecule has 0 aromatic heterocycles. The van der Waals surface area contributed by atoms with Crippen molar-refractivity contribution < 1.29 is 9.59 Å². The van der Waals surface area contributed by atoms with Gasteiger partial charge in [-0.15, -0.1) is 0 Å². The molecule has 3 amide bonds. The van der Waals surface area contributed by atoms with E-state index in [4.69, 9.17) is 0 Å². The van der Waals surface area contributed by atoms with Gasteiger partial charge in [-0.3, -0.25) is 14.7 Å². The Hall–Kier alpha value is -2.57. The normalized spacial score (nSPS) is 22.7. The standard InChI is InChI=1S/C20H29N5O2/c1-4-20(2)17(26)25(19(27)23-20)12-7-11-22-18(21-3)24-13-10-15-8-5-6-9-16(15)14-24/h5-6,8-9H,4,7,10-14H2,1-3H3,(H,21,22)(H,23,27). The smallest absolute Gasteiger partial charge is 0.325 e. The van der Waals surface area contributed by atoms with E-state index >= 15 is 0 Å². The SMILES string of the molecule is CCC1(C)NC(=O)N(CCCNC(=NC)N2CCc3ccccc3C2)C1=O. The Morgan fingerprint density at radius 2 is 2.04 bits per heavy atom. The van der Waals surface area contributed by atoms with E-state index in [9.17, 15) is 9.59 Å². The number of imide groups is 1. The van der Waals surface area contributed by atoms with Gasteiger partial charge in [-0.1, -0.05) is 31.2 Å². The van der Waals surface area contributed by atoms with Crippen LogP contribution in [0.3, 0.4) is 0 Å². The highest BCUT2D eigenvalue weighted by Crippen LogP contribution is 2.21. The number of fused-ring (bicyclic) bond motifs is 1. The molecule has 0 aliphatic carbocycles. The van der Waals surface area contributed by atoms with Gasteiger partial charge in [0.25, 0.3) is 5.91 Å². The van der Waals surface area contributed by atoms with Crippen molar-refractivity contribution in [2.45, 2.75) is 45.2 Å². The number of hydrogen-bond donors (Lipinski definition) is 2. The van der Waals surface area contributed by atoms with Gasteiger partial charge in [0.05, 0.1) is 0 Å². The number of nitrogens with one attached hydrogen (secondary N) is 2. The molecule has 2 aliphatic rings. The number of aliphatic imine (C=N–C) groups is 1. The average molecular weight is 371 g/mol. The van der Waals surface area contributed by atoms with E-state index in [2.05, 4.69) is 44.8 Å². The molecule has 0 spiro atoms. The highest BCUT2D eigenvalue weighted by molar-refractivity contribution is 6.06. The van der Waals surface area contributed by atoms with Gasteiger partial charge in [0.15, 0.2) is 5.96 Å². The van der Waals surface area contributed by atoms with E-state index in [1.807, 2.05) is 6.92 Å². The van der Waals surface area contributed by atoms with Crippen molar-refractivity contribution in [1.29, 1.82) is 0 Å². The van der Waals surface area contributed by atoms with Crippen LogP contribution in [0.25, 0.3) is 0 Å². The number of guanidine groups is 1. The first-order chi connectivity index (χ1) is 13.0. The summed E-state index contributed by atoms with van der Waals surface area (Å²) in [6.07, 6.45) is 2.28. The molecule has 2 aliphatic heterocycles. The number of rotatable bonds is 5. The third kappa shape index (κ3) is 3.91. The van der Waals surface area contributed by atoms with Gasteiger partial charge in [-0.2, -0.15) is 0 Å². The van der Waals surface area contributed by atoms with Crippen molar-refractivity contribution in [3.05, 3.63) is 35.4 Å². The number of urea groups is 1. The Balaban J connectivity index is 1.49. The second-order valence-electron chi connectivity index (χ2n) is 7.34. The summed E-state index contributed by atoms with van der Waals surface area (Å²) in [5.41, 5.74) is 1.98. The second-order valence-corrected chi connectivity index (χ2v) is 7.34. The Morgan fingerprint density at radius 1 is 1.30 bits per heavy atom. The maximum atomic E-state index is 12.4. The first kappa shape index (κ1) is 19.2. The molecule has 1 fully saturated rings. The first-order valence-corrected chi connectivity index (χ1v) is 9.65. The third-order valence-corrected chi connectivity index (χ3v) is 5.54. The minimum absolute atomic E-state index is 0.132. The molecule has 1 atom stereocenters. The number of hydrogen-bond acceptors (Lipinski definition) is 3. The van der Waals surface area contributed by atoms with E-state index < -0.39 is 5.54 Å². The van der Waals surface area contributed by atoms with Gasteiger partial charge in [0, 0.05) is 33.2 Å².